The third-order valence-electron chi connectivity index (χ3n) is 3.85. The van der Waals surface area contributed by atoms with Crippen LogP contribution in [0, 0.1) is 10.1 Å². The Kier molecular flexibility index (Phi) is 6.11. The van der Waals surface area contributed by atoms with E-state index in [4.69, 9.17) is 4.84 Å². The van der Waals surface area contributed by atoms with Crippen LogP contribution < -0.4 is 10.6 Å². The first-order valence-electron chi connectivity index (χ1n) is 8.51. The van der Waals surface area contributed by atoms with Gasteiger partial charge in [0.15, 0.2) is 6.61 Å². The molecule has 0 aliphatic heterocycles. The molecule has 2 amide bonds. The smallest absolute Gasteiger partial charge is 0.270 e. The van der Waals surface area contributed by atoms with Crippen molar-refractivity contribution in [2.45, 2.75) is 0 Å². The summed E-state index contributed by atoms with van der Waals surface area (Å²) in [7, 11) is 0. The molecular weight excluding hydrogens is 376 g/mol. The van der Waals surface area contributed by atoms with Crippen LogP contribution in [0.15, 0.2) is 71.9 Å². The number of benzene rings is 3. The third-order valence-corrected chi connectivity index (χ3v) is 3.85. The maximum absolute atomic E-state index is 12.0. The molecule has 0 saturated carbocycles. The first-order valence-corrected chi connectivity index (χ1v) is 8.51. The summed E-state index contributed by atoms with van der Waals surface area (Å²) in [6.07, 6.45) is 0.868. The van der Waals surface area contributed by atoms with Crippen LogP contribution in [0.3, 0.4) is 0 Å². The number of nitrogens with zero attached hydrogens (tertiary/aromatic N) is 2. The Morgan fingerprint density at radius 3 is 2.48 bits per heavy atom. The molecule has 0 radical (unpaired) electrons. The fourth-order valence-electron chi connectivity index (χ4n) is 2.54. The molecule has 0 bridgehead atoms. The number of carbonyl (C=O) groups is 2. The minimum Gasteiger partial charge on any atom is -0.385 e. The van der Waals surface area contributed by atoms with Crippen molar-refractivity contribution in [3.63, 3.8) is 0 Å². The highest BCUT2D eigenvalue weighted by atomic mass is 16.6. The number of nitro groups is 1. The second kappa shape index (κ2) is 9.09. The minimum absolute atomic E-state index is 0.0859. The highest BCUT2D eigenvalue weighted by Gasteiger charge is 2.07. The Morgan fingerprint density at radius 1 is 1.00 bits per heavy atom. The molecule has 0 unspecified atom stereocenters. The van der Waals surface area contributed by atoms with Crippen molar-refractivity contribution in [2.24, 2.45) is 5.16 Å². The molecule has 9 nitrogen and oxygen atoms in total. The van der Waals surface area contributed by atoms with Gasteiger partial charge in [-0.15, -0.1) is 0 Å². The lowest BCUT2D eigenvalue weighted by molar-refractivity contribution is -0.384. The first-order chi connectivity index (χ1) is 14.0. The number of carbonyl (C=O) groups excluding carboxylic acids is 2. The largest absolute Gasteiger partial charge is 0.385 e. The fourth-order valence-corrected chi connectivity index (χ4v) is 2.54. The molecule has 0 aliphatic rings. The number of nitro benzene ring substituents is 1. The Bertz CT molecular complexity index is 1070. The van der Waals surface area contributed by atoms with Crippen LogP contribution in [-0.4, -0.2) is 29.6 Å². The van der Waals surface area contributed by atoms with Gasteiger partial charge in [-0.05, 0) is 23.6 Å². The first kappa shape index (κ1) is 19.5. The summed E-state index contributed by atoms with van der Waals surface area (Å²) in [5, 5.41) is 21.1. The van der Waals surface area contributed by atoms with Gasteiger partial charge in [0.1, 0.15) is 6.21 Å². The van der Waals surface area contributed by atoms with E-state index >= 15 is 0 Å². The molecule has 0 saturated heterocycles. The molecule has 0 atom stereocenters. The summed E-state index contributed by atoms with van der Waals surface area (Å²) in [6.45, 7) is -0.371. The van der Waals surface area contributed by atoms with E-state index in [1.807, 2.05) is 36.4 Å². The molecule has 9 heteroatoms. The summed E-state index contributed by atoms with van der Waals surface area (Å²) in [4.78, 5) is 38.7. The number of hydrogen-bond acceptors (Lipinski definition) is 6. The SMILES string of the molecule is O=C(/C=N\OCC(=O)Nc1cccc2ccccc12)Nc1ccc([N+](=O)[O-])cc1. The van der Waals surface area contributed by atoms with Gasteiger partial charge in [-0.3, -0.25) is 19.7 Å². The van der Waals surface area contributed by atoms with Crippen LogP contribution >= 0.6 is 0 Å². The summed E-state index contributed by atoms with van der Waals surface area (Å²) in [5.41, 5.74) is 0.926. The van der Waals surface area contributed by atoms with Crippen molar-refractivity contribution in [1.82, 2.24) is 0 Å². The zero-order valence-corrected chi connectivity index (χ0v) is 15.1. The number of rotatable bonds is 7. The second-order valence-corrected chi connectivity index (χ2v) is 5.88. The summed E-state index contributed by atoms with van der Waals surface area (Å²) >= 11 is 0. The van der Waals surface area contributed by atoms with Gasteiger partial charge in [-0.1, -0.05) is 41.6 Å². The topological polar surface area (TPSA) is 123 Å². The molecule has 29 heavy (non-hydrogen) atoms. The van der Waals surface area contributed by atoms with Crippen LogP contribution in [0.2, 0.25) is 0 Å². The van der Waals surface area contributed by atoms with Crippen molar-refractivity contribution in [1.29, 1.82) is 0 Å². The van der Waals surface area contributed by atoms with Crippen LogP contribution in [-0.2, 0) is 14.4 Å². The number of amides is 2. The molecule has 0 spiro atoms. The Balaban J connectivity index is 1.47. The lowest BCUT2D eigenvalue weighted by Gasteiger charge is -2.08. The van der Waals surface area contributed by atoms with Gasteiger partial charge in [0.2, 0.25) is 0 Å². The van der Waals surface area contributed by atoms with Gasteiger partial charge in [0.05, 0.1) is 4.92 Å². The highest BCUT2D eigenvalue weighted by molar-refractivity contribution is 6.31. The average molecular weight is 392 g/mol. The quantitative estimate of drug-likeness (QED) is 0.363. The lowest BCUT2D eigenvalue weighted by atomic mass is 10.1. The predicted octanol–water partition coefficient (Wildman–Crippen LogP) is 3.33. The van der Waals surface area contributed by atoms with Crippen molar-refractivity contribution >= 4 is 45.9 Å². The zero-order chi connectivity index (χ0) is 20.6. The van der Waals surface area contributed by atoms with Gasteiger partial charge >= 0.3 is 0 Å². The molecule has 3 aromatic rings. The van der Waals surface area contributed by atoms with E-state index in [2.05, 4.69) is 15.8 Å². The molecule has 0 aliphatic carbocycles. The van der Waals surface area contributed by atoms with Gasteiger partial charge in [-0.25, -0.2) is 0 Å². The normalized spacial score (nSPS) is 10.6. The predicted molar refractivity (Wildman–Crippen MR) is 109 cm³/mol. The number of anilines is 2. The van der Waals surface area contributed by atoms with Crippen LogP contribution in [0.25, 0.3) is 10.8 Å². The average Bonchev–Trinajstić information content (AvgIpc) is 2.72. The van der Waals surface area contributed by atoms with Gasteiger partial charge in [-0.2, -0.15) is 0 Å². The van der Waals surface area contributed by atoms with Crippen molar-refractivity contribution in [3.05, 3.63) is 76.8 Å². The molecule has 146 valence electrons. The van der Waals surface area contributed by atoms with E-state index in [0.29, 0.717) is 11.4 Å². The molecule has 2 N–H and O–H groups in total. The molecular formula is C20H16N4O5. The van der Waals surface area contributed by atoms with E-state index in [9.17, 15) is 19.7 Å². The second-order valence-electron chi connectivity index (χ2n) is 5.88. The maximum atomic E-state index is 12.0. The summed E-state index contributed by atoms with van der Waals surface area (Å²) < 4.78 is 0. The number of oxime groups is 1. The Labute approximate surface area is 165 Å². The fraction of sp³-hybridized carbons (Fsp3) is 0.0500. The molecule has 3 rings (SSSR count). The highest BCUT2D eigenvalue weighted by Crippen LogP contribution is 2.22. The number of non-ortho nitro benzene ring substituents is 1. The van der Waals surface area contributed by atoms with Crippen molar-refractivity contribution in [2.75, 3.05) is 17.2 Å². The Morgan fingerprint density at radius 2 is 1.72 bits per heavy atom. The maximum Gasteiger partial charge on any atom is 0.270 e. The standard InChI is InChI=1S/C20H16N4O5/c25-19(22-15-8-10-16(11-9-15)24(27)28)12-21-29-13-20(26)23-18-7-3-5-14-4-1-2-6-17(14)18/h1-12H,13H2,(H,22,25)(H,23,26)/b21-12-. The summed E-state index contributed by atoms with van der Waals surface area (Å²) in [6, 6.07) is 18.5. The minimum atomic E-state index is -0.603. The van der Waals surface area contributed by atoms with E-state index in [1.165, 1.54) is 24.3 Å². The lowest BCUT2D eigenvalue weighted by Crippen LogP contribution is -2.18. The summed E-state index contributed by atoms with van der Waals surface area (Å²) in [5.74, 6) is -1.03. The van der Waals surface area contributed by atoms with E-state index in [1.54, 1.807) is 6.07 Å². The van der Waals surface area contributed by atoms with E-state index in [0.717, 1.165) is 17.0 Å². The molecule has 0 aromatic heterocycles. The van der Waals surface area contributed by atoms with E-state index < -0.39 is 16.7 Å². The molecule has 0 fully saturated rings. The zero-order valence-electron chi connectivity index (χ0n) is 15.1. The van der Waals surface area contributed by atoms with Crippen LogP contribution in [0.4, 0.5) is 17.1 Å². The number of nitrogens with one attached hydrogen (secondary N) is 2. The van der Waals surface area contributed by atoms with E-state index in [-0.39, 0.29) is 12.3 Å². The Hall–Kier alpha value is -4.27. The van der Waals surface area contributed by atoms with Gasteiger partial charge in [0.25, 0.3) is 17.5 Å². The van der Waals surface area contributed by atoms with Crippen molar-refractivity contribution < 1.29 is 19.3 Å². The molecule has 0 heterocycles. The number of hydrogen-bond donors (Lipinski definition) is 2. The van der Waals surface area contributed by atoms with Crippen molar-refractivity contribution in [3.8, 4) is 0 Å². The van der Waals surface area contributed by atoms with Gasteiger partial charge < -0.3 is 15.5 Å². The monoisotopic (exact) mass is 392 g/mol. The van der Waals surface area contributed by atoms with Crippen LogP contribution in [0.5, 0.6) is 0 Å². The van der Waals surface area contributed by atoms with Gasteiger partial charge in [0, 0.05) is 28.9 Å². The molecule has 3 aromatic carbocycles. The van der Waals surface area contributed by atoms with Crippen LogP contribution in [0.1, 0.15) is 0 Å². The third kappa shape index (κ3) is 5.36. The number of fused-ring (bicyclic) bond motifs is 1.